The van der Waals surface area contributed by atoms with Crippen molar-refractivity contribution in [2.75, 3.05) is 0 Å². The van der Waals surface area contributed by atoms with Gasteiger partial charge in [-0.1, -0.05) is 36.9 Å². The topological polar surface area (TPSA) is 54.4 Å². The summed E-state index contributed by atoms with van der Waals surface area (Å²) in [6, 6.07) is 4.40. The lowest BCUT2D eigenvalue weighted by Crippen LogP contribution is -2.25. The summed E-state index contributed by atoms with van der Waals surface area (Å²) in [4.78, 5) is 0. The summed E-state index contributed by atoms with van der Waals surface area (Å²) in [5.41, 5.74) is -0.208. The molecule has 0 atom stereocenters. The first-order valence-corrected chi connectivity index (χ1v) is 5.31. The van der Waals surface area contributed by atoms with Gasteiger partial charge in [-0.15, -0.1) is 0 Å². The van der Waals surface area contributed by atoms with Crippen LogP contribution in [0, 0.1) is 0 Å². The summed E-state index contributed by atoms with van der Waals surface area (Å²) >= 11 is 0. The van der Waals surface area contributed by atoms with Crippen LogP contribution in [-0.2, 0) is 15.4 Å². The number of rotatable bonds is 3. The van der Waals surface area contributed by atoms with Gasteiger partial charge in [-0.3, -0.25) is 4.55 Å². The van der Waals surface area contributed by atoms with E-state index in [1.54, 1.807) is 0 Å². The van der Waals surface area contributed by atoms with Crippen molar-refractivity contribution in [3.05, 3.63) is 42.0 Å². The maximum atomic E-state index is 13.0. The van der Waals surface area contributed by atoms with Crippen LogP contribution in [0.2, 0.25) is 0 Å². The molecule has 0 radical (unpaired) electrons. The zero-order chi connectivity index (χ0) is 11.7. The minimum absolute atomic E-state index is 0.574. The van der Waals surface area contributed by atoms with E-state index in [1.807, 2.05) is 0 Å². The van der Waals surface area contributed by atoms with E-state index >= 15 is 0 Å². The quantitative estimate of drug-likeness (QED) is 0.816. The molecule has 3 nitrogen and oxygen atoms in total. The molecule has 6 heteroatoms. The molecule has 0 heterocycles. The Morgan fingerprint density at radius 3 is 2.07 bits per heavy atom. The maximum Gasteiger partial charge on any atom is 0.395 e. The Hall–Kier alpha value is -1.27. The predicted molar refractivity (Wildman–Crippen MR) is 52.0 cm³/mol. The van der Waals surface area contributed by atoms with Crippen LogP contribution in [-0.4, -0.2) is 13.0 Å². The van der Waals surface area contributed by atoms with Gasteiger partial charge < -0.3 is 0 Å². The third-order valence-corrected chi connectivity index (χ3v) is 2.69. The van der Waals surface area contributed by atoms with Crippen LogP contribution in [0.4, 0.5) is 8.78 Å². The first kappa shape index (κ1) is 11.8. The number of hydrogen-bond donors (Lipinski definition) is 1. The maximum absolute atomic E-state index is 13.0. The Labute approximate surface area is 85.8 Å². The highest BCUT2D eigenvalue weighted by atomic mass is 32.2. The van der Waals surface area contributed by atoms with Gasteiger partial charge in [0.15, 0.2) is 0 Å². The number of alkyl halides is 2. The molecule has 0 saturated carbocycles. The fourth-order valence-electron chi connectivity index (χ4n) is 0.962. The number of hydrogen-bond acceptors (Lipinski definition) is 2. The van der Waals surface area contributed by atoms with Gasteiger partial charge in [0.25, 0.3) is 0 Å². The van der Waals surface area contributed by atoms with E-state index < -0.39 is 20.9 Å². The van der Waals surface area contributed by atoms with Crippen LogP contribution in [0.3, 0.4) is 0 Å². The van der Waals surface area contributed by atoms with Gasteiger partial charge in [-0.25, -0.2) is 0 Å². The molecule has 0 amide bonds. The van der Waals surface area contributed by atoms with E-state index in [0.717, 1.165) is 12.1 Å². The molecule has 82 valence electrons. The highest BCUT2D eigenvalue weighted by molar-refractivity contribution is 7.86. The fraction of sp³-hybridized carbons (Fsp3) is 0.111. The second-order valence-corrected chi connectivity index (χ2v) is 4.28. The normalized spacial score (nSPS) is 12.5. The van der Waals surface area contributed by atoms with E-state index in [-0.39, 0.29) is 0 Å². The first-order chi connectivity index (χ1) is 6.79. The van der Waals surface area contributed by atoms with Crippen molar-refractivity contribution >= 4 is 16.2 Å². The van der Waals surface area contributed by atoms with Crippen molar-refractivity contribution in [1.29, 1.82) is 0 Å². The average Bonchev–Trinajstić information content (AvgIpc) is 2.16. The number of benzene rings is 1. The van der Waals surface area contributed by atoms with E-state index in [0.29, 0.717) is 5.56 Å². The molecule has 0 fully saturated rings. The lowest BCUT2D eigenvalue weighted by molar-refractivity contribution is 0.0790. The van der Waals surface area contributed by atoms with Gasteiger partial charge in [0.2, 0.25) is 0 Å². The van der Waals surface area contributed by atoms with Gasteiger partial charge in [0.05, 0.1) is 0 Å². The third-order valence-electron chi connectivity index (χ3n) is 1.81. The molecule has 0 aliphatic heterocycles. The van der Waals surface area contributed by atoms with Crippen molar-refractivity contribution in [1.82, 2.24) is 0 Å². The van der Waals surface area contributed by atoms with Gasteiger partial charge in [0, 0.05) is 5.56 Å². The summed E-state index contributed by atoms with van der Waals surface area (Å²) < 4.78 is 55.2. The predicted octanol–water partition coefficient (Wildman–Crippen LogP) is 2.27. The van der Waals surface area contributed by atoms with Crippen molar-refractivity contribution in [3.8, 4) is 0 Å². The molecule has 0 unspecified atom stereocenters. The molecular weight excluding hydrogens is 226 g/mol. The van der Waals surface area contributed by atoms with Crippen molar-refractivity contribution in [3.63, 3.8) is 0 Å². The van der Waals surface area contributed by atoms with Gasteiger partial charge in [-0.2, -0.15) is 17.2 Å². The Bertz CT molecular complexity index is 463. The van der Waals surface area contributed by atoms with Crippen LogP contribution in [0.25, 0.3) is 6.08 Å². The van der Waals surface area contributed by atoms with Crippen molar-refractivity contribution < 1.29 is 21.8 Å². The molecule has 1 aromatic rings. The molecule has 0 saturated heterocycles. The van der Waals surface area contributed by atoms with Crippen LogP contribution in [0.1, 0.15) is 11.1 Å². The Kier molecular flexibility index (Phi) is 2.92. The Morgan fingerprint density at radius 2 is 1.73 bits per heavy atom. The van der Waals surface area contributed by atoms with Crippen LogP contribution in [0.5, 0.6) is 0 Å². The van der Waals surface area contributed by atoms with Crippen LogP contribution >= 0.6 is 0 Å². The van der Waals surface area contributed by atoms with Gasteiger partial charge in [-0.05, 0) is 5.56 Å². The SMILES string of the molecule is C=Cc1ccc(C(F)(F)S(=O)(=O)O)cc1. The Morgan fingerprint density at radius 1 is 1.27 bits per heavy atom. The van der Waals surface area contributed by atoms with E-state index in [9.17, 15) is 17.2 Å². The molecule has 0 spiro atoms. The first-order valence-electron chi connectivity index (χ1n) is 3.87. The lowest BCUT2D eigenvalue weighted by atomic mass is 10.1. The molecule has 1 aromatic carbocycles. The van der Waals surface area contributed by atoms with Crippen molar-refractivity contribution in [2.24, 2.45) is 0 Å². The minimum atomic E-state index is -5.43. The van der Waals surface area contributed by atoms with Gasteiger partial charge in [0.1, 0.15) is 0 Å². The second kappa shape index (κ2) is 3.71. The molecule has 1 N–H and O–H groups in total. The largest absolute Gasteiger partial charge is 0.395 e. The molecule has 0 aromatic heterocycles. The summed E-state index contributed by atoms with van der Waals surface area (Å²) in [5, 5.41) is -4.29. The monoisotopic (exact) mass is 234 g/mol. The van der Waals surface area contributed by atoms with Gasteiger partial charge >= 0.3 is 15.4 Å². The van der Waals surface area contributed by atoms with E-state index in [2.05, 4.69) is 6.58 Å². The van der Waals surface area contributed by atoms with E-state index in [4.69, 9.17) is 4.55 Å². The van der Waals surface area contributed by atoms with Crippen LogP contribution < -0.4 is 0 Å². The molecule has 15 heavy (non-hydrogen) atoms. The second-order valence-electron chi connectivity index (χ2n) is 2.82. The third kappa shape index (κ3) is 2.21. The highest BCUT2D eigenvalue weighted by Gasteiger charge is 2.45. The fourth-order valence-corrected chi connectivity index (χ4v) is 1.40. The summed E-state index contributed by atoms with van der Waals surface area (Å²) in [7, 11) is -5.43. The summed E-state index contributed by atoms with van der Waals surface area (Å²) in [5.74, 6) is 0. The highest BCUT2D eigenvalue weighted by Crippen LogP contribution is 2.33. The molecule has 0 aliphatic rings. The van der Waals surface area contributed by atoms with E-state index in [1.165, 1.54) is 18.2 Å². The van der Waals surface area contributed by atoms with Crippen LogP contribution in [0.15, 0.2) is 30.8 Å². The molecule has 1 rings (SSSR count). The summed E-state index contributed by atoms with van der Waals surface area (Å²) in [6.45, 7) is 3.42. The van der Waals surface area contributed by atoms with Crippen molar-refractivity contribution in [2.45, 2.75) is 5.25 Å². The molecular formula is C9H8F2O3S. The molecule has 0 bridgehead atoms. The zero-order valence-corrected chi connectivity index (χ0v) is 8.34. The zero-order valence-electron chi connectivity index (χ0n) is 7.52. The smallest absolute Gasteiger partial charge is 0.281 e. The Balaban J connectivity index is 3.23. The minimum Gasteiger partial charge on any atom is -0.281 e. The molecule has 0 aliphatic carbocycles. The average molecular weight is 234 g/mol. The lowest BCUT2D eigenvalue weighted by Gasteiger charge is -2.12. The number of halogens is 2. The summed E-state index contributed by atoms with van der Waals surface area (Å²) in [6.07, 6.45) is 1.43. The standard InChI is InChI=1S/C9H8F2O3S/c1-2-7-3-5-8(6-4-7)9(10,11)15(12,13)14/h2-6H,1H2,(H,12,13,14).